The molecule has 0 bridgehead atoms. The first-order valence-electron chi connectivity index (χ1n) is 9.38. The van der Waals surface area contributed by atoms with Crippen LogP contribution in [0.4, 0.5) is 0 Å². The average molecular weight is 328 g/mol. The average Bonchev–Trinajstić information content (AvgIpc) is 2.54. The summed E-state index contributed by atoms with van der Waals surface area (Å²) >= 11 is 0. The molecule has 1 N–H and O–H groups in total. The summed E-state index contributed by atoms with van der Waals surface area (Å²) < 4.78 is 18.7. The highest BCUT2D eigenvalue weighted by Crippen LogP contribution is 2.40. The van der Waals surface area contributed by atoms with Crippen LogP contribution in [0.25, 0.3) is 0 Å². The largest absolute Gasteiger partial charge is 0.394 e. The van der Waals surface area contributed by atoms with Crippen molar-refractivity contribution in [1.82, 2.24) is 0 Å². The van der Waals surface area contributed by atoms with Gasteiger partial charge in [0.2, 0.25) is 0 Å². The summed E-state index contributed by atoms with van der Waals surface area (Å²) in [6, 6.07) is 0. The van der Waals surface area contributed by atoms with Crippen molar-refractivity contribution in [3.63, 3.8) is 0 Å². The van der Waals surface area contributed by atoms with Crippen molar-refractivity contribution in [3.8, 4) is 0 Å². The number of rotatable bonds is 4. The summed E-state index contributed by atoms with van der Waals surface area (Å²) in [6.45, 7) is 15.4. The van der Waals surface area contributed by atoms with Gasteiger partial charge in [-0.05, 0) is 25.2 Å². The molecular formula is C19H36O4. The Bertz CT molecular complexity index is 372. The van der Waals surface area contributed by atoms with Gasteiger partial charge in [0.15, 0.2) is 6.29 Å². The molecule has 0 spiro atoms. The molecular weight excluding hydrogens is 292 g/mol. The molecule has 2 fully saturated rings. The van der Waals surface area contributed by atoms with Gasteiger partial charge in [-0.1, -0.05) is 41.5 Å². The molecule has 0 aromatic carbocycles. The summed E-state index contributed by atoms with van der Waals surface area (Å²) in [7, 11) is 0. The van der Waals surface area contributed by atoms with Crippen LogP contribution in [0.2, 0.25) is 0 Å². The van der Waals surface area contributed by atoms with E-state index in [0.29, 0.717) is 23.7 Å². The number of hydrogen-bond donors (Lipinski definition) is 1. The smallest absolute Gasteiger partial charge is 0.161 e. The molecule has 0 radical (unpaired) electrons. The van der Waals surface area contributed by atoms with Crippen molar-refractivity contribution >= 4 is 0 Å². The Labute approximate surface area is 141 Å². The van der Waals surface area contributed by atoms with Gasteiger partial charge in [0.25, 0.3) is 0 Å². The van der Waals surface area contributed by atoms with Crippen LogP contribution in [0.5, 0.6) is 0 Å². The summed E-state index contributed by atoms with van der Waals surface area (Å²) in [5, 5.41) is 9.59. The summed E-state index contributed by atoms with van der Waals surface area (Å²) in [5.41, 5.74) is 0. The third-order valence-corrected chi connectivity index (χ3v) is 6.61. The number of aliphatic hydroxyl groups excluding tert-OH is 1. The Balaban J connectivity index is 2.11. The molecule has 2 heterocycles. The maximum Gasteiger partial charge on any atom is 0.161 e. The van der Waals surface area contributed by atoms with E-state index in [-0.39, 0.29) is 43.2 Å². The number of hydrogen-bond acceptors (Lipinski definition) is 4. The Morgan fingerprint density at radius 3 is 2.00 bits per heavy atom. The van der Waals surface area contributed by atoms with E-state index >= 15 is 0 Å². The van der Waals surface area contributed by atoms with E-state index in [2.05, 4.69) is 48.5 Å². The molecule has 10 unspecified atom stereocenters. The van der Waals surface area contributed by atoms with E-state index in [4.69, 9.17) is 14.2 Å². The Morgan fingerprint density at radius 1 is 0.783 bits per heavy atom. The van der Waals surface area contributed by atoms with Gasteiger partial charge in [-0.2, -0.15) is 0 Å². The van der Waals surface area contributed by atoms with Crippen LogP contribution in [0.1, 0.15) is 54.9 Å². The van der Waals surface area contributed by atoms with Crippen LogP contribution >= 0.6 is 0 Å². The Morgan fingerprint density at radius 2 is 1.43 bits per heavy atom. The maximum atomic E-state index is 9.59. The molecule has 2 rings (SSSR count). The van der Waals surface area contributed by atoms with Crippen molar-refractivity contribution < 1.29 is 19.3 Å². The van der Waals surface area contributed by atoms with Crippen molar-refractivity contribution in [2.45, 2.75) is 85.6 Å². The van der Waals surface area contributed by atoms with Gasteiger partial charge in [0.05, 0.1) is 31.0 Å². The fraction of sp³-hybridized carbons (Fsp3) is 1.00. The first kappa shape index (κ1) is 19.2. The fourth-order valence-electron chi connectivity index (χ4n) is 4.20. The molecule has 0 aromatic heterocycles. The lowest BCUT2D eigenvalue weighted by atomic mass is 9.78. The van der Waals surface area contributed by atoms with Crippen molar-refractivity contribution in [2.75, 3.05) is 6.61 Å². The van der Waals surface area contributed by atoms with Crippen LogP contribution in [-0.4, -0.2) is 42.4 Å². The predicted molar refractivity (Wildman–Crippen MR) is 91.1 cm³/mol. The minimum Gasteiger partial charge on any atom is -0.394 e. The van der Waals surface area contributed by atoms with E-state index in [1.54, 1.807) is 0 Å². The van der Waals surface area contributed by atoms with E-state index < -0.39 is 0 Å². The molecule has 0 amide bonds. The first-order valence-corrected chi connectivity index (χ1v) is 9.38. The van der Waals surface area contributed by atoms with E-state index in [0.717, 1.165) is 6.42 Å². The fourth-order valence-corrected chi connectivity index (χ4v) is 4.20. The standard InChI is InChI=1S/C19H36O4/c1-8-16-11(3)10(2)12(4)19(22-16)23-18-13(5)15(7)21-17(9-20)14(18)6/h10-20H,8-9H2,1-7H3. The highest BCUT2D eigenvalue weighted by Gasteiger charge is 2.45. The lowest BCUT2D eigenvalue weighted by Crippen LogP contribution is -2.54. The summed E-state index contributed by atoms with van der Waals surface area (Å²) in [4.78, 5) is 0. The van der Waals surface area contributed by atoms with Crippen LogP contribution in [0.15, 0.2) is 0 Å². The summed E-state index contributed by atoms with van der Waals surface area (Å²) in [6.07, 6.45) is 1.12. The van der Waals surface area contributed by atoms with E-state index in [1.165, 1.54) is 0 Å². The maximum absolute atomic E-state index is 9.59. The minimum absolute atomic E-state index is 0.0458. The molecule has 4 nitrogen and oxygen atoms in total. The first-order chi connectivity index (χ1) is 10.8. The van der Waals surface area contributed by atoms with Crippen molar-refractivity contribution in [3.05, 3.63) is 0 Å². The molecule has 23 heavy (non-hydrogen) atoms. The van der Waals surface area contributed by atoms with Gasteiger partial charge in [-0.15, -0.1) is 0 Å². The second kappa shape index (κ2) is 7.81. The Hall–Kier alpha value is -0.160. The zero-order valence-electron chi connectivity index (χ0n) is 15.9. The normalized spacial score (nSPS) is 51.7. The van der Waals surface area contributed by atoms with Crippen LogP contribution in [0.3, 0.4) is 0 Å². The molecule has 136 valence electrons. The number of aliphatic hydroxyl groups is 1. The van der Waals surface area contributed by atoms with Crippen LogP contribution in [0, 0.1) is 29.6 Å². The Kier molecular flexibility index (Phi) is 6.51. The third kappa shape index (κ3) is 3.76. The molecule has 2 saturated heterocycles. The van der Waals surface area contributed by atoms with Gasteiger partial charge < -0.3 is 19.3 Å². The predicted octanol–water partition coefficient (Wildman–Crippen LogP) is 3.47. The second-order valence-corrected chi connectivity index (χ2v) is 7.91. The van der Waals surface area contributed by atoms with Crippen molar-refractivity contribution in [2.24, 2.45) is 29.6 Å². The lowest BCUT2D eigenvalue weighted by molar-refractivity contribution is -0.297. The molecule has 2 aliphatic rings. The number of ether oxygens (including phenoxy) is 3. The second-order valence-electron chi connectivity index (χ2n) is 7.91. The van der Waals surface area contributed by atoms with E-state index in [1.807, 2.05) is 0 Å². The molecule has 0 saturated carbocycles. The highest BCUT2D eigenvalue weighted by atomic mass is 16.7. The molecule has 0 aromatic rings. The molecule has 10 atom stereocenters. The van der Waals surface area contributed by atoms with Gasteiger partial charge >= 0.3 is 0 Å². The topological polar surface area (TPSA) is 47.9 Å². The zero-order chi connectivity index (χ0) is 17.3. The quantitative estimate of drug-likeness (QED) is 0.858. The highest BCUT2D eigenvalue weighted by molar-refractivity contribution is 4.89. The monoisotopic (exact) mass is 328 g/mol. The lowest BCUT2D eigenvalue weighted by Gasteiger charge is -2.48. The third-order valence-electron chi connectivity index (χ3n) is 6.61. The minimum atomic E-state index is -0.161. The molecule has 4 heteroatoms. The summed E-state index contributed by atoms with van der Waals surface area (Å²) in [5.74, 6) is 1.96. The SMILES string of the molecule is CCC1OC(OC2C(C)C(C)OC(CO)C2C)C(C)C(C)C1C. The van der Waals surface area contributed by atoms with Crippen molar-refractivity contribution in [1.29, 1.82) is 0 Å². The zero-order valence-corrected chi connectivity index (χ0v) is 15.9. The van der Waals surface area contributed by atoms with Gasteiger partial charge in [-0.25, -0.2) is 0 Å². The van der Waals surface area contributed by atoms with E-state index in [9.17, 15) is 5.11 Å². The van der Waals surface area contributed by atoms with Gasteiger partial charge in [-0.3, -0.25) is 0 Å². The molecule has 0 aliphatic carbocycles. The van der Waals surface area contributed by atoms with Gasteiger partial charge in [0, 0.05) is 17.8 Å². The molecule has 2 aliphatic heterocycles. The van der Waals surface area contributed by atoms with Gasteiger partial charge in [0.1, 0.15) is 0 Å². The van der Waals surface area contributed by atoms with Crippen LogP contribution in [-0.2, 0) is 14.2 Å². The van der Waals surface area contributed by atoms with Crippen LogP contribution < -0.4 is 0 Å².